The molecule has 4 aromatic rings. The third-order valence-corrected chi connectivity index (χ3v) is 4.77. The summed E-state index contributed by atoms with van der Waals surface area (Å²) in [6.45, 7) is 5.45. The van der Waals surface area contributed by atoms with Crippen LogP contribution < -0.4 is 11.1 Å². The van der Waals surface area contributed by atoms with E-state index in [2.05, 4.69) is 15.5 Å². The predicted molar refractivity (Wildman–Crippen MR) is 111 cm³/mol. The number of furan rings is 1. The van der Waals surface area contributed by atoms with E-state index < -0.39 is 5.91 Å². The summed E-state index contributed by atoms with van der Waals surface area (Å²) in [5.41, 5.74) is 9.18. The zero-order chi connectivity index (χ0) is 21.4. The van der Waals surface area contributed by atoms with E-state index in [1.165, 1.54) is 0 Å². The van der Waals surface area contributed by atoms with Gasteiger partial charge >= 0.3 is 0 Å². The molecule has 3 aromatic heterocycles. The Balaban J connectivity index is 1.71. The molecule has 30 heavy (non-hydrogen) atoms. The summed E-state index contributed by atoms with van der Waals surface area (Å²) in [6, 6.07) is 10.5. The number of anilines is 1. The Morgan fingerprint density at radius 2 is 1.83 bits per heavy atom. The van der Waals surface area contributed by atoms with Gasteiger partial charge in [-0.3, -0.25) is 9.59 Å². The van der Waals surface area contributed by atoms with Crippen molar-refractivity contribution in [2.75, 3.05) is 5.32 Å². The Morgan fingerprint density at radius 3 is 2.47 bits per heavy atom. The monoisotopic (exact) mass is 404 g/mol. The van der Waals surface area contributed by atoms with E-state index in [1.54, 1.807) is 37.3 Å². The van der Waals surface area contributed by atoms with Gasteiger partial charge in [0.1, 0.15) is 11.5 Å². The summed E-state index contributed by atoms with van der Waals surface area (Å²) in [4.78, 5) is 28.7. The number of carbonyl (C=O) groups excluding carboxylic acids is 2. The zero-order valence-electron chi connectivity index (χ0n) is 16.8. The van der Waals surface area contributed by atoms with Crippen molar-refractivity contribution in [3.63, 3.8) is 0 Å². The molecular formula is C22H20N4O4. The van der Waals surface area contributed by atoms with E-state index >= 15 is 0 Å². The predicted octanol–water partition coefficient (Wildman–Crippen LogP) is 3.69. The van der Waals surface area contributed by atoms with E-state index in [4.69, 9.17) is 14.7 Å². The van der Waals surface area contributed by atoms with Crippen LogP contribution in [0.3, 0.4) is 0 Å². The van der Waals surface area contributed by atoms with E-state index in [1.807, 2.05) is 19.9 Å². The highest BCUT2D eigenvalue weighted by molar-refractivity contribution is 6.13. The van der Waals surface area contributed by atoms with Crippen LogP contribution >= 0.6 is 0 Å². The molecule has 3 heterocycles. The largest absolute Gasteiger partial charge is 0.466 e. The summed E-state index contributed by atoms with van der Waals surface area (Å²) in [5, 5.41) is 7.39. The highest BCUT2D eigenvalue weighted by atomic mass is 16.5. The number of aryl methyl sites for hydroxylation is 3. The third kappa shape index (κ3) is 3.67. The molecule has 0 saturated carbocycles. The summed E-state index contributed by atoms with van der Waals surface area (Å²) < 4.78 is 10.9. The van der Waals surface area contributed by atoms with Gasteiger partial charge in [0.15, 0.2) is 0 Å². The van der Waals surface area contributed by atoms with Gasteiger partial charge in [0.2, 0.25) is 5.91 Å². The van der Waals surface area contributed by atoms with Crippen LogP contribution in [0.5, 0.6) is 0 Å². The molecule has 0 aliphatic carbocycles. The number of pyridine rings is 1. The normalized spacial score (nSPS) is 11.0. The molecule has 0 saturated heterocycles. The van der Waals surface area contributed by atoms with E-state index in [0.717, 1.165) is 16.9 Å². The summed E-state index contributed by atoms with van der Waals surface area (Å²) >= 11 is 0. The lowest BCUT2D eigenvalue weighted by molar-refractivity contribution is -0.117. The van der Waals surface area contributed by atoms with Crippen LogP contribution in [0, 0.1) is 20.8 Å². The second kappa shape index (κ2) is 7.47. The van der Waals surface area contributed by atoms with Crippen molar-refractivity contribution in [2.45, 2.75) is 27.2 Å². The van der Waals surface area contributed by atoms with Crippen LogP contribution in [-0.2, 0) is 11.2 Å². The van der Waals surface area contributed by atoms with Gasteiger partial charge in [0.05, 0.1) is 28.8 Å². The molecule has 0 radical (unpaired) electrons. The van der Waals surface area contributed by atoms with Crippen molar-refractivity contribution in [2.24, 2.45) is 5.73 Å². The Kier molecular flexibility index (Phi) is 4.83. The number of benzene rings is 1. The molecular weight excluding hydrogens is 384 g/mol. The minimum absolute atomic E-state index is 0.145. The Hall–Kier alpha value is -3.94. The number of hydrogen-bond acceptors (Lipinski definition) is 6. The first-order chi connectivity index (χ1) is 14.3. The number of nitrogens with zero attached hydrogens (tertiary/aromatic N) is 2. The first-order valence-electron chi connectivity index (χ1n) is 9.35. The second-order valence-electron chi connectivity index (χ2n) is 7.12. The summed E-state index contributed by atoms with van der Waals surface area (Å²) in [6.07, 6.45) is 0.145. The number of primary amides is 1. The lowest BCUT2D eigenvalue weighted by Gasteiger charge is -2.09. The lowest BCUT2D eigenvalue weighted by atomic mass is 10.0. The van der Waals surface area contributed by atoms with Crippen LogP contribution in [0.25, 0.3) is 22.4 Å². The fourth-order valence-corrected chi connectivity index (χ4v) is 3.40. The number of fused-ring (bicyclic) bond motifs is 1. The highest BCUT2D eigenvalue weighted by Gasteiger charge is 2.21. The van der Waals surface area contributed by atoms with Crippen LogP contribution in [0.2, 0.25) is 0 Å². The van der Waals surface area contributed by atoms with Gasteiger partial charge in [0, 0.05) is 11.3 Å². The number of nitrogens with one attached hydrogen (secondary N) is 1. The molecule has 3 N–H and O–H groups in total. The second-order valence-corrected chi connectivity index (χ2v) is 7.12. The van der Waals surface area contributed by atoms with Crippen LogP contribution in [0.15, 0.2) is 45.3 Å². The van der Waals surface area contributed by atoms with Crippen LogP contribution in [0.4, 0.5) is 5.69 Å². The number of hydrogen-bond donors (Lipinski definition) is 2. The van der Waals surface area contributed by atoms with Gasteiger partial charge in [-0.25, -0.2) is 4.98 Å². The maximum atomic E-state index is 13.1. The van der Waals surface area contributed by atoms with E-state index in [9.17, 15) is 9.59 Å². The Labute approximate surface area is 172 Å². The standard InChI is InChI=1S/C22H20N4O4/c1-11-8-16(13(3)29-11)18-10-17(20-12(2)26-30-22(20)25-18)21(28)24-15-6-4-14(5-7-15)9-19(23)27/h4-8,10H,9H2,1-3H3,(H2,23,27)(H,24,28). The average molecular weight is 404 g/mol. The Morgan fingerprint density at radius 1 is 1.10 bits per heavy atom. The lowest BCUT2D eigenvalue weighted by Crippen LogP contribution is -2.14. The van der Waals surface area contributed by atoms with E-state index in [-0.39, 0.29) is 18.0 Å². The van der Waals surface area contributed by atoms with Crippen molar-refractivity contribution in [3.8, 4) is 11.3 Å². The number of carbonyl (C=O) groups is 2. The fraction of sp³-hybridized carbons (Fsp3) is 0.182. The molecule has 8 nitrogen and oxygen atoms in total. The molecule has 0 fully saturated rings. The first kappa shape index (κ1) is 19.4. The SMILES string of the molecule is Cc1cc(-c2cc(C(=O)Nc3ccc(CC(N)=O)cc3)c3c(C)noc3n2)c(C)o1. The van der Waals surface area contributed by atoms with Crippen molar-refractivity contribution in [3.05, 3.63) is 64.7 Å². The van der Waals surface area contributed by atoms with Crippen molar-refractivity contribution >= 4 is 28.6 Å². The smallest absolute Gasteiger partial charge is 0.259 e. The molecule has 0 aliphatic rings. The molecule has 0 atom stereocenters. The van der Waals surface area contributed by atoms with Crippen LogP contribution in [-0.4, -0.2) is 22.0 Å². The first-order valence-corrected chi connectivity index (χ1v) is 9.35. The van der Waals surface area contributed by atoms with E-state index in [0.29, 0.717) is 33.8 Å². The zero-order valence-corrected chi connectivity index (χ0v) is 16.8. The maximum absolute atomic E-state index is 13.1. The molecule has 4 rings (SSSR count). The molecule has 152 valence electrons. The topological polar surface area (TPSA) is 124 Å². The summed E-state index contributed by atoms with van der Waals surface area (Å²) in [5.74, 6) is 0.717. The highest BCUT2D eigenvalue weighted by Crippen LogP contribution is 2.30. The maximum Gasteiger partial charge on any atom is 0.259 e. The molecule has 2 amide bonds. The van der Waals surface area contributed by atoms with Gasteiger partial charge in [-0.1, -0.05) is 17.3 Å². The van der Waals surface area contributed by atoms with Crippen molar-refractivity contribution < 1.29 is 18.5 Å². The molecule has 8 heteroatoms. The van der Waals surface area contributed by atoms with Gasteiger partial charge in [0.25, 0.3) is 11.6 Å². The summed E-state index contributed by atoms with van der Waals surface area (Å²) in [7, 11) is 0. The molecule has 0 unspecified atom stereocenters. The van der Waals surface area contributed by atoms with Gasteiger partial charge in [-0.15, -0.1) is 0 Å². The number of rotatable bonds is 5. The number of amides is 2. The number of nitrogens with two attached hydrogens (primary N) is 1. The van der Waals surface area contributed by atoms with Crippen molar-refractivity contribution in [1.82, 2.24) is 10.1 Å². The minimum Gasteiger partial charge on any atom is -0.466 e. The minimum atomic E-state index is -0.411. The van der Waals surface area contributed by atoms with Gasteiger partial charge < -0.3 is 20.0 Å². The van der Waals surface area contributed by atoms with Gasteiger partial charge in [-0.05, 0) is 50.6 Å². The van der Waals surface area contributed by atoms with Crippen LogP contribution in [0.1, 0.15) is 33.1 Å². The van der Waals surface area contributed by atoms with Gasteiger partial charge in [-0.2, -0.15) is 0 Å². The number of aromatic nitrogens is 2. The molecule has 0 bridgehead atoms. The van der Waals surface area contributed by atoms with Crippen molar-refractivity contribution in [1.29, 1.82) is 0 Å². The quantitative estimate of drug-likeness (QED) is 0.523. The molecule has 0 spiro atoms. The Bertz CT molecular complexity index is 1270. The fourth-order valence-electron chi connectivity index (χ4n) is 3.40. The third-order valence-electron chi connectivity index (χ3n) is 4.77. The average Bonchev–Trinajstić information content (AvgIpc) is 3.23. The molecule has 1 aromatic carbocycles. The molecule has 0 aliphatic heterocycles.